The molecule has 0 aromatic heterocycles. The third-order valence-corrected chi connectivity index (χ3v) is 7.96. The van der Waals surface area contributed by atoms with Gasteiger partial charge in [0.15, 0.2) is 0 Å². The largest absolute Gasteiger partial charge is 0.240 e. The molecule has 0 aliphatic heterocycles. The van der Waals surface area contributed by atoms with Crippen molar-refractivity contribution in [2.75, 3.05) is 6.54 Å². The van der Waals surface area contributed by atoms with Crippen LogP contribution in [0.5, 0.6) is 0 Å². The van der Waals surface area contributed by atoms with Crippen LogP contribution in [0.3, 0.4) is 0 Å². The van der Waals surface area contributed by atoms with E-state index < -0.39 is 20.0 Å². The van der Waals surface area contributed by atoms with E-state index >= 15 is 0 Å². The molecule has 152 valence electrons. The molecule has 0 unspecified atom stereocenters. The first-order valence-electron chi connectivity index (χ1n) is 9.44. The Morgan fingerprint density at radius 3 is 1.96 bits per heavy atom. The molecule has 0 atom stereocenters. The van der Waals surface area contributed by atoms with Crippen LogP contribution in [-0.4, -0.2) is 29.4 Å². The Labute approximate surface area is 167 Å². The zero-order valence-electron chi connectivity index (χ0n) is 15.9. The van der Waals surface area contributed by atoms with Crippen LogP contribution in [0.1, 0.15) is 36.8 Å². The van der Waals surface area contributed by atoms with Crippen molar-refractivity contribution in [2.24, 2.45) is 0 Å². The summed E-state index contributed by atoms with van der Waals surface area (Å²) in [6.45, 7) is 2.14. The molecule has 1 saturated carbocycles. The Morgan fingerprint density at radius 2 is 1.36 bits per heavy atom. The first-order valence-corrected chi connectivity index (χ1v) is 12.4. The summed E-state index contributed by atoms with van der Waals surface area (Å²) in [4.78, 5) is 0.473. The maximum Gasteiger partial charge on any atom is 0.240 e. The van der Waals surface area contributed by atoms with E-state index in [1.165, 1.54) is 0 Å². The fraction of sp³-hybridized carbons (Fsp3) is 0.400. The quantitative estimate of drug-likeness (QED) is 0.684. The van der Waals surface area contributed by atoms with Gasteiger partial charge in [-0.3, -0.25) is 0 Å². The van der Waals surface area contributed by atoms with Gasteiger partial charge in [-0.2, -0.15) is 0 Å². The summed E-state index contributed by atoms with van der Waals surface area (Å²) in [6, 6.07) is 13.3. The maximum absolute atomic E-state index is 12.4. The van der Waals surface area contributed by atoms with E-state index in [1.54, 1.807) is 48.5 Å². The van der Waals surface area contributed by atoms with Gasteiger partial charge in [-0.25, -0.2) is 26.3 Å². The van der Waals surface area contributed by atoms with E-state index in [2.05, 4.69) is 9.44 Å². The molecule has 1 fully saturated rings. The molecular formula is C20H26N2O4S2. The maximum atomic E-state index is 12.4. The Hall–Kier alpha value is -1.74. The highest BCUT2D eigenvalue weighted by Crippen LogP contribution is 2.20. The van der Waals surface area contributed by atoms with Gasteiger partial charge in [-0.05, 0) is 56.0 Å². The zero-order chi connectivity index (χ0) is 20.2. The number of hydrogen-bond acceptors (Lipinski definition) is 4. The topological polar surface area (TPSA) is 92.3 Å². The molecule has 0 heterocycles. The molecule has 0 radical (unpaired) electrons. The van der Waals surface area contributed by atoms with Crippen LogP contribution in [0.25, 0.3) is 0 Å². The van der Waals surface area contributed by atoms with Crippen LogP contribution >= 0.6 is 0 Å². The molecule has 0 saturated heterocycles. The molecule has 1 aliphatic carbocycles. The van der Waals surface area contributed by atoms with Crippen LogP contribution < -0.4 is 9.44 Å². The van der Waals surface area contributed by atoms with Crippen molar-refractivity contribution in [2.45, 2.75) is 54.9 Å². The van der Waals surface area contributed by atoms with E-state index in [0.717, 1.165) is 36.8 Å². The van der Waals surface area contributed by atoms with Gasteiger partial charge in [0, 0.05) is 12.6 Å². The van der Waals surface area contributed by atoms with Gasteiger partial charge in [-0.1, -0.05) is 42.7 Å². The molecule has 2 aromatic carbocycles. The minimum atomic E-state index is -3.55. The van der Waals surface area contributed by atoms with Crippen molar-refractivity contribution < 1.29 is 16.8 Å². The smallest absolute Gasteiger partial charge is 0.211 e. The Kier molecular flexibility index (Phi) is 6.54. The van der Waals surface area contributed by atoms with E-state index in [9.17, 15) is 16.8 Å². The summed E-state index contributed by atoms with van der Waals surface area (Å²) in [5.41, 5.74) is 1.86. The van der Waals surface area contributed by atoms with Gasteiger partial charge in [0.05, 0.1) is 9.79 Å². The summed E-state index contributed by atoms with van der Waals surface area (Å²) in [7, 11) is -7.05. The van der Waals surface area contributed by atoms with E-state index in [-0.39, 0.29) is 22.4 Å². The predicted molar refractivity (Wildman–Crippen MR) is 109 cm³/mol. The highest BCUT2D eigenvalue weighted by atomic mass is 32.2. The fourth-order valence-corrected chi connectivity index (χ4v) is 5.63. The van der Waals surface area contributed by atoms with Crippen molar-refractivity contribution in [3.05, 3.63) is 59.7 Å². The number of nitrogens with one attached hydrogen (secondary N) is 2. The van der Waals surface area contributed by atoms with Gasteiger partial charge in [-0.15, -0.1) is 0 Å². The number of hydrogen-bond donors (Lipinski definition) is 2. The molecule has 3 rings (SSSR count). The van der Waals surface area contributed by atoms with E-state index in [1.807, 2.05) is 6.92 Å². The number of benzene rings is 2. The lowest BCUT2D eigenvalue weighted by Crippen LogP contribution is -2.32. The lowest BCUT2D eigenvalue weighted by Gasteiger charge is -2.13. The van der Waals surface area contributed by atoms with Crippen molar-refractivity contribution >= 4 is 20.0 Å². The Balaban J connectivity index is 1.56. The van der Waals surface area contributed by atoms with Gasteiger partial charge in [0.1, 0.15) is 0 Å². The molecule has 0 amide bonds. The lowest BCUT2D eigenvalue weighted by molar-refractivity contribution is 0.552. The zero-order valence-corrected chi connectivity index (χ0v) is 17.5. The van der Waals surface area contributed by atoms with E-state index in [4.69, 9.17) is 0 Å². The third-order valence-electron chi connectivity index (χ3n) is 4.95. The standard InChI is InChI=1S/C20H26N2O4S2/c1-16-6-10-19(11-7-16)27(23,24)21-15-14-17-8-12-20(13-9-17)28(25,26)22-18-4-2-3-5-18/h6-13,18,21-22H,2-5,14-15H2,1H3. The second kappa shape index (κ2) is 8.73. The van der Waals surface area contributed by atoms with E-state index in [0.29, 0.717) is 6.42 Å². The van der Waals surface area contributed by atoms with Gasteiger partial charge < -0.3 is 0 Å². The number of sulfonamides is 2. The molecule has 2 N–H and O–H groups in total. The summed E-state index contributed by atoms with van der Waals surface area (Å²) < 4.78 is 54.8. The first-order chi connectivity index (χ1) is 13.3. The normalized spacial score (nSPS) is 15.8. The van der Waals surface area contributed by atoms with Crippen molar-refractivity contribution in [1.82, 2.24) is 9.44 Å². The Bertz CT molecular complexity index is 993. The first kappa shape index (κ1) is 21.0. The molecule has 6 nitrogen and oxygen atoms in total. The monoisotopic (exact) mass is 422 g/mol. The summed E-state index contributed by atoms with van der Waals surface area (Å²) in [5.74, 6) is 0. The third kappa shape index (κ3) is 5.41. The molecule has 0 bridgehead atoms. The average molecular weight is 423 g/mol. The van der Waals surface area contributed by atoms with Gasteiger partial charge in [0.25, 0.3) is 0 Å². The van der Waals surface area contributed by atoms with Crippen LogP contribution in [0.15, 0.2) is 58.3 Å². The summed E-state index contributed by atoms with van der Waals surface area (Å²) in [6.07, 6.45) is 4.37. The predicted octanol–water partition coefficient (Wildman–Crippen LogP) is 2.74. The average Bonchev–Trinajstić information content (AvgIpc) is 3.15. The van der Waals surface area contributed by atoms with Crippen LogP contribution in [0.2, 0.25) is 0 Å². The number of rotatable bonds is 8. The van der Waals surface area contributed by atoms with Crippen molar-refractivity contribution in [3.63, 3.8) is 0 Å². The molecule has 0 spiro atoms. The van der Waals surface area contributed by atoms with Gasteiger partial charge >= 0.3 is 0 Å². The molecule has 28 heavy (non-hydrogen) atoms. The minimum absolute atomic E-state index is 0.0286. The van der Waals surface area contributed by atoms with Crippen molar-refractivity contribution in [1.29, 1.82) is 0 Å². The van der Waals surface area contributed by atoms with Crippen LogP contribution in [-0.2, 0) is 26.5 Å². The Morgan fingerprint density at radius 1 is 0.821 bits per heavy atom. The van der Waals surface area contributed by atoms with Crippen LogP contribution in [0.4, 0.5) is 0 Å². The molecule has 8 heteroatoms. The summed E-state index contributed by atoms with van der Waals surface area (Å²) >= 11 is 0. The van der Waals surface area contributed by atoms with Crippen LogP contribution in [0, 0.1) is 6.92 Å². The SMILES string of the molecule is Cc1ccc(S(=O)(=O)NCCc2ccc(S(=O)(=O)NC3CCCC3)cc2)cc1. The molecule has 2 aromatic rings. The summed E-state index contributed by atoms with van der Waals surface area (Å²) in [5, 5.41) is 0. The van der Waals surface area contributed by atoms with Crippen molar-refractivity contribution in [3.8, 4) is 0 Å². The minimum Gasteiger partial charge on any atom is -0.211 e. The second-order valence-electron chi connectivity index (χ2n) is 7.21. The second-order valence-corrected chi connectivity index (χ2v) is 10.7. The highest BCUT2D eigenvalue weighted by Gasteiger charge is 2.22. The molecule has 1 aliphatic rings. The number of aryl methyl sites for hydroxylation is 1. The highest BCUT2D eigenvalue weighted by molar-refractivity contribution is 7.89. The molecular weight excluding hydrogens is 396 g/mol. The fourth-order valence-electron chi connectivity index (χ4n) is 3.30. The lowest BCUT2D eigenvalue weighted by atomic mass is 10.2. The van der Waals surface area contributed by atoms with Gasteiger partial charge in [0.2, 0.25) is 20.0 Å².